The zero-order valence-electron chi connectivity index (χ0n) is 22.5. The van der Waals surface area contributed by atoms with Gasteiger partial charge >= 0.3 is 0 Å². The number of hydrogen-bond donors (Lipinski definition) is 2. The molecule has 2 aliphatic rings. The van der Waals surface area contributed by atoms with Crippen LogP contribution in [0, 0.1) is 30.4 Å². The molecule has 41 heavy (non-hydrogen) atoms. The average molecular weight is 564 g/mol. The Morgan fingerprint density at radius 2 is 1.98 bits per heavy atom. The number of benzene rings is 2. The first-order valence-electron chi connectivity index (χ1n) is 13.2. The molecule has 3 aromatic rings. The fourth-order valence-electron chi connectivity index (χ4n) is 4.98. The number of alkyl halides is 1. The number of nitrogen functional groups attached to an aromatic ring is 1. The number of hydrogen-bond acceptors (Lipinski definition) is 6. The van der Waals surface area contributed by atoms with Gasteiger partial charge in [0.05, 0.1) is 18.2 Å². The number of carbonyl (C=O) groups excluding carboxylic acids is 2. The Hall–Kier alpha value is -4.59. The zero-order chi connectivity index (χ0) is 29.3. The lowest BCUT2D eigenvalue weighted by molar-refractivity contribution is -0.126. The molecule has 1 saturated carbocycles. The third kappa shape index (κ3) is 5.96. The van der Waals surface area contributed by atoms with Gasteiger partial charge in [0.1, 0.15) is 36.4 Å². The highest BCUT2D eigenvalue weighted by molar-refractivity contribution is 6.05. The Balaban J connectivity index is 1.41. The summed E-state index contributed by atoms with van der Waals surface area (Å²) in [5, 5.41) is 2.60. The summed E-state index contributed by atoms with van der Waals surface area (Å²) in [4.78, 5) is 34.8. The first kappa shape index (κ1) is 28.0. The summed E-state index contributed by atoms with van der Waals surface area (Å²) in [6.45, 7) is 2.91. The molecule has 0 bridgehead atoms. The highest BCUT2D eigenvalue weighted by atomic mass is 19.1. The van der Waals surface area contributed by atoms with Crippen molar-refractivity contribution in [3.05, 3.63) is 65.0 Å². The van der Waals surface area contributed by atoms with E-state index in [4.69, 9.17) is 10.5 Å². The summed E-state index contributed by atoms with van der Waals surface area (Å²) in [6.07, 6.45) is 1.98. The predicted molar refractivity (Wildman–Crippen MR) is 147 cm³/mol. The maximum atomic E-state index is 14.9. The van der Waals surface area contributed by atoms with Gasteiger partial charge in [-0.25, -0.2) is 23.1 Å². The van der Waals surface area contributed by atoms with E-state index in [1.54, 1.807) is 13.0 Å². The summed E-state index contributed by atoms with van der Waals surface area (Å²) in [5.41, 5.74) is 7.67. The van der Waals surface area contributed by atoms with Crippen molar-refractivity contribution in [2.24, 2.45) is 0 Å². The second-order valence-electron chi connectivity index (χ2n) is 10.2. The maximum Gasteiger partial charge on any atom is 0.298 e. The summed E-state index contributed by atoms with van der Waals surface area (Å²) in [5.74, 6) is 2.62. The molecule has 1 saturated heterocycles. The molecular weight excluding hydrogens is 535 g/mol. The molecule has 0 spiro atoms. The Labute approximate surface area is 235 Å². The number of rotatable bonds is 7. The second-order valence-corrected chi connectivity index (χ2v) is 10.2. The van der Waals surface area contributed by atoms with E-state index < -0.39 is 35.7 Å². The Kier molecular flexibility index (Phi) is 7.83. The number of nitrogens with two attached hydrogens (primary N) is 1. The molecule has 2 aromatic carbocycles. The topological polar surface area (TPSA) is 110 Å². The van der Waals surface area contributed by atoms with Crippen molar-refractivity contribution in [2.45, 2.75) is 51.2 Å². The molecular formula is C30H28F3N5O3. The predicted octanol–water partition coefficient (Wildman–Crippen LogP) is 4.78. The van der Waals surface area contributed by atoms with E-state index in [2.05, 4.69) is 27.1 Å². The molecule has 1 aliphatic heterocycles. The fraction of sp³-hybridized carbons (Fsp3) is 0.333. The summed E-state index contributed by atoms with van der Waals surface area (Å²) in [7, 11) is 0. The van der Waals surface area contributed by atoms with Crippen LogP contribution in [0.3, 0.4) is 0 Å². The van der Waals surface area contributed by atoms with E-state index in [1.807, 2.05) is 0 Å². The van der Waals surface area contributed by atoms with E-state index in [9.17, 15) is 22.8 Å². The first-order chi connectivity index (χ1) is 19.7. The maximum absolute atomic E-state index is 14.9. The Morgan fingerprint density at radius 3 is 2.68 bits per heavy atom. The monoisotopic (exact) mass is 563 g/mol. The quantitative estimate of drug-likeness (QED) is 0.401. The van der Waals surface area contributed by atoms with Crippen LogP contribution >= 0.6 is 0 Å². The minimum absolute atomic E-state index is 0.0106. The molecule has 0 radical (unpaired) electrons. The minimum atomic E-state index is -1.23. The number of likely N-dealkylation sites (tertiary alicyclic amines) is 1. The number of nitrogens with one attached hydrogen (secondary N) is 1. The van der Waals surface area contributed by atoms with Crippen molar-refractivity contribution < 1.29 is 27.5 Å². The number of carbonyl (C=O) groups is 2. The van der Waals surface area contributed by atoms with Crippen LogP contribution in [0.4, 0.5) is 24.7 Å². The third-order valence-corrected chi connectivity index (χ3v) is 7.27. The number of aromatic nitrogens is 2. The van der Waals surface area contributed by atoms with Crippen molar-refractivity contribution >= 4 is 23.3 Å². The van der Waals surface area contributed by atoms with Crippen LogP contribution in [-0.2, 0) is 4.79 Å². The Bertz CT molecular complexity index is 1580. The van der Waals surface area contributed by atoms with Crippen molar-refractivity contribution in [2.75, 3.05) is 24.2 Å². The van der Waals surface area contributed by atoms with Gasteiger partial charge in [0.15, 0.2) is 11.6 Å². The zero-order valence-corrected chi connectivity index (χ0v) is 22.5. The summed E-state index contributed by atoms with van der Waals surface area (Å²) >= 11 is 0. The van der Waals surface area contributed by atoms with Gasteiger partial charge in [-0.2, -0.15) is 0 Å². The Morgan fingerprint density at radius 1 is 1.20 bits per heavy atom. The molecule has 3 N–H and O–H groups in total. The number of halogens is 3. The minimum Gasteiger partial charge on any atom is -0.485 e. The average Bonchev–Trinajstić information content (AvgIpc) is 3.71. The van der Waals surface area contributed by atoms with Gasteiger partial charge in [0, 0.05) is 17.7 Å². The van der Waals surface area contributed by atoms with Gasteiger partial charge in [-0.05, 0) is 73.9 Å². The molecule has 212 valence electrons. The van der Waals surface area contributed by atoms with E-state index in [-0.39, 0.29) is 53.6 Å². The lowest BCUT2D eigenvalue weighted by Crippen LogP contribution is -2.38. The van der Waals surface area contributed by atoms with Gasteiger partial charge in [-0.3, -0.25) is 9.59 Å². The largest absolute Gasteiger partial charge is 0.485 e. The van der Waals surface area contributed by atoms with Crippen molar-refractivity contribution in [3.63, 3.8) is 0 Å². The molecule has 1 aliphatic carbocycles. The molecule has 2 unspecified atom stereocenters. The van der Waals surface area contributed by atoms with Crippen LogP contribution in [0.5, 0.6) is 5.75 Å². The molecule has 1 aromatic heterocycles. The highest BCUT2D eigenvalue weighted by Crippen LogP contribution is 2.41. The summed E-state index contributed by atoms with van der Waals surface area (Å²) in [6, 6.07) is 6.22. The first-order valence-corrected chi connectivity index (χ1v) is 13.2. The lowest BCUT2D eigenvalue weighted by atomic mass is 10.0. The van der Waals surface area contributed by atoms with E-state index in [0.717, 1.165) is 24.5 Å². The van der Waals surface area contributed by atoms with Crippen LogP contribution in [0.25, 0.3) is 11.3 Å². The van der Waals surface area contributed by atoms with Crippen LogP contribution in [0.15, 0.2) is 36.7 Å². The number of amides is 2. The van der Waals surface area contributed by atoms with E-state index >= 15 is 0 Å². The van der Waals surface area contributed by atoms with Crippen molar-refractivity contribution in [1.82, 2.24) is 14.9 Å². The van der Waals surface area contributed by atoms with Gasteiger partial charge in [0.2, 0.25) is 0 Å². The molecule has 2 fully saturated rings. The summed E-state index contributed by atoms with van der Waals surface area (Å²) < 4.78 is 49.7. The van der Waals surface area contributed by atoms with E-state index in [0.29, 0.717) is 11.5 Å². The van der Waals surface area contributed by atoms with E-state index in [1.165, 1.54) is 36.4 Å². The molecule has 2 atom stereocenters. The fourth-order valence-corrected chi connectivity index (χ4v) is 4.98. The number of nitrogens with zero attached hydrogens (tertiary/aromatic N) is 3. The van der Waals surface area contributed by atoms with Crippen LogP contribution < -0.4 is 15.8 Å². The van der Waals surface area contributed by atoms with Gasteiger partial charge in [0.25, 0.3) is 11.8 Å². The van der Waals surface area contributed by atoms with Crippen LogP contribution in [-0.4, -0.2) is 52.0 Å². The smallest absolute Gasteiger partial charge is 0.298 e. The number of anilines is 2. The van der Waals surface area contributed by atoms with Gasteiger partial charge in [-0.1, -0.05) is 12.0 Å². The SMILES string of the molecule is CC#CC(=O)N1CC(F)CC1COc1c(N)ncnc1-c1cc(F)cc(NC(=O)c2ccc(C3CC3)cc2F)c1C. The van der Waals surface area contributed by atoms with Crippen molar-refractivity contribution in [1.29, 1.82) is 0 Å². The highest BCUT2D eigenvalue weighted by Gasteiger charge is 2.36. The molecule has 8 nitrogen and oxygen atoms in total. The van der Waals surface area contributed by atoms with Crippen molar-refractivity contribution in [3.8, 4) is 28.8 Å². The third-order valence-electron chi connectivity index (χ3n) is 7.27. The molecule has 11 heteroatoms. The van der Waals surface area contributed by atoms with Gasteiger partial charge in [-0.15, -0.1) is 0 Å². The van der Waals surface area contributed by atoms with Crippen LogP contribution in [0.1, 0.15) is 53.6 Å². The van der Waals surface area contributed by atoms with Crippen LogP contribution in [0.2, 0.25) is 0 Å². The molecule has 2 heterocycles. The number of ether oxygens (including phenoxy) is 1. The molecule has 5 rings (SSSR count). The van der Waals surface area contributed by atoms with Gasteiger partial charge < -0.3 is 20.7 Å². The standard InChI is InChI=1S/C30H28F3N5O3/c1-3-4-26(39)38-13-20(32)10-21(38)14-41-28-27(35-15-36-29(28)34)23-11-19(31)12-25(16(23)2)37-30(40)22-8-7-18(9-24(22)33)17-5-6-17/h7-9,11-12,15,17,20-21H,5-6,10,13-14H2,1-2H3,(H,37,40)(H2,34,35,36). The molecule has 2 amide bonds. The second kappa shape index (κ2) is 11.5. The normalized spacial score (nSPS) is 18.0. The lowest BCUT2D eigenvalue weighted by Gasteiger charge is -2.23.